The molecule has 3 N–H and O–H groups in total. The Bertz CT molecular complexity index is 904. The molecule has 24 heavy (non-hydrogen) atoms. The first-order chi connectivity index (χ1) is 11.7. The van der Waals surface area contributed by atoms with Gasteiger partial charge in [-0.15, -0.1) is 0 Å². The van der Waals surface area contributed by atoms with Gasteiger partial charge in [-0.25, -0.2) is 9.97 Å². The zero-order valence-corrected chi connectivity index (χ0v) is 13.9. The standard InChI is InChI=1S/C16H16N6OS/c1-24-16-17-8-12(15(23)20-10-4-5-10)14(21-16)19-11-3-2-9-7-18-22-13(9)6-11/h2-3,6-8,10H,4-5H2,1H3,(H,18,22)(H,20,23)(H,17,19,21). The summed E-state index contributed by atoms with van der Waals surface area (Å²) >= 11 is 1.43. The van der Waals surface area contributed by atoms with Crippen LogP contribution in [0.5, 0.6) is 0 Å². The van der Waals surface area contributed by atoms with E-state index >= 15 is 0 Å². The van der Waals surface area contributed by atoms with E-state index in [4.69, 9.17) is 0 Å². The molecule has 0 bridgehead atoms. The van der Waals surface area contributed by atoms with Crippen LogP contribution < -0.4 is 10.6 Å². The van der Waals surface area contributed by atoms with E-state index in [0.29, 0.717) is 16.5 Å². The molecule has 1 aromatic carbocycles. The molecule has 0 saturated heterocycles. The second-order valence-electron chi connectivity index (χ2n) is 5.66. The van der Waals surface area contributed by atoms with Gasteiger partial charge in [0.15, 0.2) is 5.16 Å². The van der Waals surface area contributed by atoms with Gasteiger partial charge in [0.05, 0.1) is 11.7 Å². The summed E-state index contributed by atoms with van der Waals surface area (Å²) in [6.07, 6.45) is 7.32. The Hall–Kier alpha value is -2.61. The van der Waals surface area contributed by atoms with Crippen molar-refractivity contribution in [1.82, 2.24) is 25.5 Å². The number of fused-ring (bicyclic) bond motifs is 1. The fourth-order valence-corrected chi connectivity index (χ4v) is 2.71. The summed E-state index contributed by atoms with van der Waals surface area (Å²) in [5.41, 5.74) is 2.20. The van der Waals surface area contributed by atoms with E-state index < -0.39 is 0 Å². The van der Waals surface area contributed by atoms with Crippen molar-refractivity contribution in [2.24, 2.45) is 0 Å². The number of anilines is 2. The lowest BCUT2D eigenvalue weighted by molar-refractivity contribution is 0.0951. The van der Waals surface area contributed by atoms with E-state index in [1.165, 1.54) is 11.8 Å². The molecule has 8 heteroatoms. The van der Waals surface area contributed by atoms with Gasteiger partial charge in [-0.05, 0) is 37.3 Å². The van der Waals surface area contributed by atoms with Gasteiger partial charge in [0.1, 0.15) is 11.4 Å². The maximum absolute atomic E-state index is 12.4. The molecule has 1 aliphatic rings. The Kier molecular flexibility index (Phi) is 3.81. The third-order valence-electron chi connectivity index (χ3n) is 3.81. The van der Waals surface area contributed by atoms with Crippen LogP contribution >= 0.6 is 11.8 Å². The second-order valence-corrected chi connectivity index (χ2v) is 6.44. The number of nitrogens with one attached hydrogen (secondary N) is 3. The molecule has 0 radical (unpaired) electrons. The number of aromatic nitrogens is 4. The van der Waals surface area contributed by atoms with Gasteiger partial charge >= 0.3 is 0 Å². The molecular weight excluding hydrogens is 324 g/mol. The van der Waals surface area contributed by atoms with Crippen molar-refractivity contribution in [3.63, 3.8) is 0 Å². The summed E-state index contributed by atoms with van der Waals surface area (Å²) in [7, 11) is 0. The molecule has 7 nitrogen and oxygen atoms in total. The normalized spacial score (nSPS) is 13.9. The quantitative estimate of drug-likeness (QED) is 0.488. The minimum Gasteiger partial charge on any atom is -0.349 e. The number of hydrogen-bond acceptors (Lipinski definition) is 6. The summed E-state index contributed by atoms with van der Waals surface area (Å²) in [5, 5.41) is 14.8. The first-order valence-electron chi connectivity index (χ1n) is 7.65. The highest BCUT2D eigenvalue weighted by atomic mass is 32.2. The monoisotopic (exact) mass is 340 g/mol. The number of thioether (sulfide) groups is 1. The van der Waals surface area contributed by atoms with Gasteiger partial charge < -0.3 is 10.6 Å². The Labute approximate surface area is 142 Å². The Morgan fingerprint density at radius 1 is 1.33 bits per heavy atom. The number of nitrogens with zero attached hydrogens (tertiary/aromatic N) is 3. The molecule has 1 amide bonds. The van der Waals surface area contributed by atoms with E-state index in [2.05, 4.69) is 30.8 Å². The number of H-pyrrole nitrogens is 1. The zero-order valence-electron chi connectivity index (χ0n) is 13.0. The van der Waals surface area contributed by atoms with Crippen molar-refractivity contribution >= 4 is 40.1 Å². The number of amides is 1. The van der Waals surface area contributed by atoms with Crippen LogP contribution in [0.15, 0.2) is 35.7 Å². The topological polar surface area (TPSA) is 95.6 Å². The number of rotatable bonds is 5. The lowest BCUT2D eigenvalue weighted by Crippen LogP contribution is -2.26. The van der Waals surface area contributed by atoms with Crippen LogP contribution in [-0.2, 0) is 0 Å². The molecule has 0 spiro atoms. The van der Waals surface area contributed by atoms with Gasteiger partial charge in [-0.1, -0.05) is 11.8 Å². The van der Waals surface area contributed by atoms with E-state index in [1.807, 2.05) is 24.5 Å². The Morgan fingerprint density at radius 3 is 3.00 bits per heavy atom. The summed E-state index contributed by atoms with van der Waals surface area (Å²) in [6, 6.07) is 6.11. The minimum absolute atomic E-state index is 0.143. The molecule has 2 aromatic heterocycles. The van der Waals surface area contributed by atoms with Crippen molar-refractivity contribution in [3.05, 3.63) is 36.2 Å². The van der Waals surface area contributed by atoms with Crippen LogP contribution in [0.3, 0.4) is 0 Å². The molecule has 1 fully saturated rings. The number of carbonyl (C=O) groups is 1. The predicted molar refractivity (Wildman–Crippen MR) is 93.7 cm³/mol. The highest BCUT2D eigenvalue weighted by molar-refractivity contribution is 7.98. The predicted octanol–water partition coefficient (Wildman–Crippen LogP) is 2.71. The lowest BCUT2D eigenvalue weighted by atomic mass is 10.2. The van der Waals surface area contributed by atoms with Crippen molar-refractivity contribution < 1.29 is 4.79 Å². The van der Waals surface area contributed by atoms with Gasteiger partial charge in [-0.2, -0.15) is 5.10 Å². The number of carbonyl (C=O) groups excluding carboxylic acids is 1. The number of hydrogen-bond donors (Lipinski definition) is 3. The van der Waals surface area contributed by atoms with Crippen molar-refractivity contribution in [1.29, 1.82) is 0 Å². The second kappa shape index (κ2) is 6.12. The highest BCUT2D eigenvalue weighted by Gasteiger charge is 2.25. The summed E-state index contributed by atoms with van der Waals surface area (Å²) in [5.74, 6) is 0.363. The van der Waals surface area contributed by atoms with Crippen LogP contribution in [0.4, 0.5) is 11.5 Å². The van der Waals surface area contributed by atoms with Gasteiger partial charge in [0.25, 0.3) is 5.91 Å². The van der Waals surface area contributed by atoms with Crippen LogP contribution in [0.1, 0.15) is 23.2 Å². The molecule has 0 atom stereocenters. The average Bonchev–Trinajstić information content (AvgIpc) is 3.28. The van der Waals surface area contributed by atoms with Crippen LogP contribution in [0, 0.1) is 0 Å². The summed E-state index contributed by atoms with van der Waals surface area (Å²) < 4.78 is 0. The minimum atomic E-state index is -0.143. The first kappa shape index (κ1) is 14.9. The number of benzene rings is 1. The molecule has 2 heterocycles. The van der Waals surface area contributed by atoms with Crippen molar-refractivity contribution in [2.75, 3.05) is 11.6 Å². The van der Waals surface area contributed by atoms with E-state index in [-0.39, 0.29) is 11.9 Å². The number of aromatic amines is 1. The fourth-order valence-electron chi connectivity index (χ4n) is 2.37. The fraction of sp³-hybridized carbons (Fsp3) is 0.250. The highest BCUT2D eigenvalue weighted by Crippen LogP contribution is 2.25. The van der Waals surface area contributed by atoms with Crippen molar-refractivity contribution in [3.8, 4) is 0 Å². The van der Waals surface area contributed by atoms with E-state index in [0.717, 1.165) is 29.4 Å². The van der Waals surface area contributed by atoms with E-state index in [1.54, 1.807) is 12.4 Å². The molecule has 3 aromatic rings. The van der Waals surface area contributed by atoms with Crippen LogP contribution in [-0.4, -0.2) is 38.4 Å². The average molecular weight is 340 g/mol. The SMILES string of the molecule is CSc1ncc(C(=O)NC2CC2)c(Nc2ccc3cn[nH]c3c2)n1. The van der Waals surface area contributed by atoms with Gasteiger partial charge in [0, 0.05) is 23.3 Å². The first-order valence-corrected chi connectivity index (χ1v) is 8.87. The Morgan fingerprint density at radius 2 is 2.21 bits per heavy atom. The largest absolute Gasteiger partial charge is 0.349 e. The summed E-state index contributed by atoms with van der Waals surface area (Å²) in [6.45, 7) is 0. The van der Waals surface area contributed by atoms with Gasteiger partial charge in [0.2, 0.25) is 0 Å². The molecule has 4 rings (SSSR count). The molecule has 0 aliphatic heterocycles. The Balaban J connectivity index is 1.67. The van der Waals surface area contributed by atoms with E-state index in [9.17, 15) is 4.79 Å². The van der Waals surface area contributed by atoms with Crippen LogP contribution in [0.25, 0.3) is 10.9 Å². The smallest absolute Gasteiger partial charge is 0.256 e. The van der Waals surface area contributed by atoms with Crippen molar-refractivity contribution in [2.45, 2.75) is 24.0 Å². The molecule has 1 aliphatic carbocycles. The lowest BCUT2D eigenvalue weighted by Gasteiger charge is -2.12. The van der Waals surface area contributed by atoms with Gasteiger partial charge in [-0.3, -0.25) is 9.89 Å². The molecule has 0 unspecified atom stereocenters. The molecule has 122 valence electrons. The molecular formula is C16H16N6OS. The van der Waals surface area contributed by atoms with Crippen LogP contribution in [0.2, 0.25) is 0 Å². The zero-order chi connectivity index (χ0) is 16.5. The third kappa shape index (κ3) is 3.05. The summed E-state index contributed by atoms with van der Waals surface area (Å²) in [4.78, 5) is 21.1. The molecule has 1 saturated carbocycles. The third-order valence-corrected chi connectivity index (χ3v) is 4.37. The maximum Gasteiger partial charge on any atom is 0.256 e. The maximum atomic E-state index is 12.4.